The van der Waals surface area contributed by atoms with E-state index in [2.05, 4.69) is 10.2 Å². The Balaban J connectivity index is 1.70. The van der Waals surface area contributed by atoms with Gasteiger partial charge in [-0.25, -0.2) is 4.79 Å². The maximum atomic E-state index is 12.2. The van der Waals surface area contributed by atoms with E-state index in [1.807, 2.05) is 30.3 Å². The van der Waals surface area contributed by atoms with E-state index in [9.17, 15) is 9.59 Å². The molecule has 0 aromatic heterocycles. The summed E-state index contributed by atoms with van der Waals surface area (Å²) in [5.74, 6) is -0.560. The lowest BCUT2D eigenvalue weighted by atomic mass is 10.2. The Hall–Kier alpha value is -2.97. The zero-order valence-electron chi connectivity index (χ0n) is 16.7. The monoisotopic (exact) mass is 489 g/mol. The largest absolute Gasteiger partial charge is 0.496 e. The van der Waals surface area contributed by atoms with Crippen molar-refractivity contribution >= 4 is 58.6 Å². The number of ether oxygens (including phenoxy) is 1. The van der Waals surface area contributed by atoms with Crippen LogP contribution < -0.4 is 10.1 Å². The second kappa shape index (κ2) is 11.1. The average molecular weight is 490 g/mol. The number of nitrogens with one attached hydrogen (secondary N) is 1. The van der Waals surface area contributed by atoms with E-state index in [1.54, 1.807) is 19.3 Å². The Morgan fingerprint density at radius 3 is 2.38 bits per heavy atom. The number of amides is 1. The molecule has 0 aliphatic carbocycles. The van der Waals surface area contributed by atoms with Crippen LogP contribution in [0, 0.1) is 0 Å². The smallest absolute Gasteiger partial charge is 0.372 e. The molecule has 3 aromatic rings. The number of halogens is 2. The average Bonchev–Trinajstić information content (AvgIpc) is 2.81. The van der Waals surface area contributed by atoms with Crippen LogP contribution in [0.4, 0.5) is 5.69 Å². The van der Waals surface area contributed by atoms with Crippen LogP contribution in [0.2, 0.25) is 10.0 Å². The second-order valence-electron chi connectivity index (χ2n) is 6.31. The van der Waals surface area contributed by atoms with E-state index in [0.717, 1.165) is 15.5 Å². The van der Waals surface area contributed by atoms with Gasteiger partial charge in [-0.05, 0) is 54.1 Å². The van der Waals surface area contributed by atoms with Gasteiger partial charge in [0.05, 0.1) is 27.6 Å². The Morgan fingerprint density at radius 2 is 1.69 bits per heavy atom. The summed E-state index contributed by atoms with van der Waals surface area (Å²) in [6.45, 7) is 0. The molecule has 0 aliphatic rings. The minimum absolute atomic E-state index is 0.147. The third kappa shape index (κ3) is 5.83. The molecule has 6 nitrogen and oxygen atoms in total. The number of para-hydroxylation sites is 1. The van der Waals surface area contributed by atoms with Crippen LogP contribution in [0.1, 0.15) is 15.9 Å². The SMILES string of the molecule is COc1ccccc1Sc1ccc(C=CC(=O)Nc2ccc(C(=O)OO)cc2)c(Cl)c1Cl. The molecule has 2 N–H and O–H groups in total. The minimum atomic E-state index is -0.887. The molecular formula is C23H17Cl2NO5S. The fraction of sp³-hybridized carbons (Fsp3) is 0.0435. The summed E-state index contributed by atoms with van der Waals surface area (Å²) in [4.78, 5) is 28.7. The van der Waals surface area contributed by atoms with Gasteiger partial charge in [0, 0.05) is 16.7 Å². The van der Waals surface area contributed by atoms with Gasteiger partial charge in [-0.2, -0.15) is 5.26 Å². The standard InChI is InChI=1S/C23H17Cl2NO5S/c1-30-17-4-2-3-5-18(17)32-19-12-8-14(21(24)22(19)25)9-13-20(27)26-16-10-6-15(7-11-16)23(28)31-29/h2-13,29H,1H3,(H,26,27). The van der Waals surface area contributed by atoms with Gasteiger partial charge in [0.2, 0.25) is 5.91 Å². The molecule has 1 amide bonds. The van der Waals surface area contributed by atoms with Crippen molar-refractivity contribution in [3.63, 3.8) is 0 Å². The Kier molecular flexibility index (Phi) is 8.19. The molecule has 32 heavy (non-hydrogen) atoms. The quantitative estimate of drug-likeness (QED) is 0.225. The summed E-state index contributed by atoms with van der Waals surface area (Å²) in [6.07, 6.45) is 2.87. The Morgan fingerprint density at radius 1 is 0.969 bits per heavy atom. The van der Waals surface area contributed by atoms with E-state index in [4.69, 9.17) is 33.2 Å². The molecule has 3 aromatic carbocycles. The van der Waals surface area contributed by atoms with Crippen molar-refractivity contribution in [2.75, 3.05) is 12.4 Å². The molecule has 0 saturated carbocycles. The van der Waals surface area contributed by atoms with Crippen LogP contribution in [-0.4, -0.2) is 24.2 Å². The molecule has 0 atom stereocenters. The van der Waals surface area contributed by atoms with Crippen molar-refractivity contribution in [2.45, 2.75) is 9.79 Å². The highest BCUT2D eigenvalue weighted by molar-refractivity contribution is 7.99. The first-order valence-corrected chi connectivity index (χ1v) is 10.7. The van der Waals surface area contributed by atoms with Gasteiger partial charge in [0.1, 0.15) is 5.75 Å². The van der Waals surface area contributed by atoms with Crippen molar-refractivity contribution in [3.8, 4) is 5.75 Å². The van der Waals surface area contributed by atoms with Crippen molar-refractivity contribution in [1.29, 1.82) is 0 Å². The molecule has 0 radical (unpaired) electrons. The van der Waals surface area contributed by atoms with E-state index in [1.165, 1.54) is 42.1 Å². The molecule has 0 unspecified atom stereocenters. The molecule has 0 saturated heterocycles. The van der Waals surface area contributed by atoms with Gasteiger partial charge in [0.25, 0.3) is 0 Å². The lowest BCUT2D eigenvalue weighted by molar-refractivity contribution is -0.182. The first kappa shape index (κ1) is 23.7. The van der Waals surface area contributed by atoms with Gasteiger partial charge in [-0.15, -0.1) is 0 Å². The summed E-state index contributed by atoms with van der Waals surface area (Å²) >= 11 is 14.3. The normalized spacial score (nSPS) is 10.8. The van der Waals surface area contributed by atoms with E-state index >= 15 is 0 Å². The van der Waals surface area contributed by atoms with Crippen molar-refractivity contribution in [2.24, 2.45) is 0 Å². The fourth-order valence-electron chi connectivity index (χ4n) is 2.67. The van der Waals surface area contributed by atoms with E-state index < -0.39 is 11.9 Å². The summed E-state index contributed by atoms with van der Waals surface area (Å²) < 4.78 is 5.36. The van der Waals surface area contributed by atoms with E-state index in [0.29, 0.717) is 21.3 Å². The molecule has 0 aliphatic heterocycles. The molecule has 0 fully saturated rings. The van der Waals surface area contributed by atoms with Crippen LogP contribution >= 0.6 is 35.0 Å². The number of hydrogen-bond donors (Lipinski definition) is 2. The number of methoxy groups -OCH3 is 1. The number of carbonyl (C=O) groups is 2. The van der Waals surface area contributed by atoms with Crippen LogP contribution in [-0.2, 0) is 9.68 Å². The minimum Gasteiger partial charge on any atom is -0.496 e. The van der Waals surface area contributed by atoms with Gasteiger partial charge in [-0.1, -0.05) is 53.2 Å². The molecule has 0 spiro atoms. The fourth-order valence-corrected chi connectivity index (χ4v) is 4.20. The number of benzene rings is 3. The third-order valence-electron chi connectivity index (χ3n) is 4.25. The van der Waals surface area contributed by atoms with Gasteiger partial charge < -0.3 is 10.1 Å². The summed E-state index contributed by atoms with van der Waals surface area (Å²) in [5.41, 5.74) is 1.19. The third-order valence-corrected chi connectivity index (χ3v) is 6.38. The van der Waals surface area contributed by atoms with Crippen molar-refractivity contribution in [1.82, 2.24) is 0 Å². The molecule has 3 rings (SSSR count). The molecule has 0 bridgehead atoms. The van der Waals surface area contributed by atoms with Crippen LogP contribution in [0.15, 0.2) is 76.5 Å². The summed E-state index contributed by atoms with van der Waals surface area (Å²) in [6, 6.07) is 17.0. The number of carbonyl (C=O) groups excluding carboxylic acids is 2. The maximum absolute atomic E-state index is 12.2. The van der Waals surface area contributed by atoms with Crippen LogP contribution in [0.3, 0.4) is 0 Å². The Bertz CT molecular complexity index is 1170. The predicted molar refractivity (Wildman–Crippen MR) is 126 cm³/mol. The first-order valence-electron chi connectivity index (χ1n) is 9.16. The molecular weight excluding hydrogens is 473 g/mol. The zero-order chi connectivity index (χ0) is 23.1. The van der Waals surface area contributed by atoms with Crippen molar-refractivity contribution < 1.29 is 24.5 Å². The number of hydrogen-bond acceptors (Lipinski definition) is 6. The zero-order valence-corrected chi connectivity index (χ0v) is 19.0. The molecule has 0 heterocycles. The summed E-state index contributed by atoms with van der Waals surface area (Å²) in [7, 11) is 1.60. The highest BCUT2D eigenvalue weighted by atomic mass is 35.5. The topological polar surface area (TPSA) is 84.9 Å². The van der Waals surface area contributed by atoms with Gasteiger partial charge in [-0.3, -0.25) is 9.68 Å². The van der Waals surface area contributed by atoms with Crippen LogP contribution in [0.25, 0.3) is 6.08 Å². The Labute approximate surface area is 198 Å². The summed E-state index contributed by atoms with van der Waals surface area (Å²) in [5, 5.41) is 11.7. The van der Waals surface area contributed by atoms with Crippen molar-refractivity contribution in [3.05, 3.63) is 87.9 Å². The predicted octanol–water partition coefficient (Wildman–Crippen LogP) is 6.43. The second-order valence-corrected chi connectivity index (χ2v) is 8.15. The van der Waals surface area contributed by atoms with Gasteiger partial charge in [0.15, 0.2) is 0 Å². The lowest BCUT2D eigenvalue weighted by Crippen LogP contribution is -2.08. The van der Waals surface area contributed by atoms with Crippen LogP contribution in [0.5, 0.6) is 5.75 Å². The van der Waals surface area contributed by atoms with Gasteiger partial charge >= 0.3 is 5.97 Å². The number of rotatable bonds is 7. The molecule has 9 heteroatoms. The first-order chi connectivity index (χ1) is 15.4. The highest BCUT2D eigenvalue weighted by Crippen LogP contribution is 2.42. The lowest BCUT2D eigenvalue weighted by Gasteiger charge is -2.11. The maximum Gasteiger partial charge on any atom is 0.372 e. The number of anilines is 1. The highest BCUT2D eigenvalue weighted by Gasteiger charge is 2.12. The van der Waals surface area contributed by atoms with E-state index in [-0.39, 0.29) is 5.56 Å². The molecule has 164 valence electrons.